The summed E-state index contributed by atoms with van der Waals surface area (Å²) in [5, 5.41) is 13.2. The first-order chi connectivity index (χ1) is 7.97. The van der Waals surface area contributed by atoms with E-state index in [1.165, 1.54) is 19.3 Å². The van der Waals surface area contributed by atoms with E-state index < -0.39 is 0 Å². The average Bonchev–Trinajstić information content (AvgIpc) is 2.25. The van der Waals surface area contributed by atoms with Crippen LogP contribution in [0.1, 0.15) is 53.9 Å². The Hall–Kier alpha value is -0.120. The maximum Gasteiger partial charge on any atom is 0.0791 e. The van der Waals surface area contributed by atoms with Gasteiger partial charge in [0, 0.05) is 25.2 Å². The highest BCUT2D eigenvalue weighted by Gasteiger charge is 2.14. The predicted octanol–water partition coefficient (Wildman–Crippen LogP) is 2.25. The molecule has 1 atom stereocenters. The third kappa shape index (κ3) is 9.57. The second kappa shape index (κ2) is 9.86. The van der Waals surface area contributed by atoms with Crippen LogP contribution in [0, 0.1) is 0 Å². The Morgan fingerprint density at radius 3 is 2.24 bits per heavy atom. The third-order valence-electron chi connectivity index (χ3n) is 2.99. The SMILES string of the molecule is CCCCCN(CC(O)CNC(C)C)C(C)C. The second-order valence-corrected chi connectivity index (χ2v) is 5.51. The minimum Gasteiger partial charge on any atom is -0.390 e. The molecule has 2 N–H and O–H groups in total. The van der Waals surface area contributed by atoms with Crippen LogP contribution < -0.4 is 5.32 Å². The Labute approximate surface area is 108 Å². The van der Waals surface area contributed by atoms with Gasteiger partial charge in [0.1, 0.15) is 0 Å². The highest BCUT2D eigenvalue weighted by atomic mass is 16.3. The lowest BCUT2D eigenvalue weighted by Crippen LogP contribution is -2.43. The van der Waals surface area contributed by atoms with Gasteiger partial charge in [0.2, 0.25) is 0 Å². The van der Waals surface area contributed by atoms with Crippen LogP contribution in [0.2, 0.25) is 0 Å². The highest BCUT2D eigenvalue weighted by Crippen LogP contribution is 2.04. The Morgan fingerprint density at radius 1 is 1.12 bits per heavy atom. The van der Waals surface area contributed by atoms with E-state index in [1.54, 1.807) is 0 Å². The van der Waals surface area contributed by atoms with Crippen molar-refractivity contribution in [1.82, 2.24) is 10.2 Å². The molecule has 0 aromatic carbocycles. The van der Waals surface area contributed by atoms with Crippen molar-refractivity contribution in [3.63, 3.8) is 0 Å². The molecule has 0 saturated heterocycles. The first-order valence-electron chi connectivity index (χ1n) is 7.12. The first kappa shape index (κ1) is 16.9. The van der Waals surface area contributed by atoms with Crippen LogP contribution in [0.4, 0.5) is 0 Å². The number of nitrogens with one attached hydrogen (secondary N) is 1. The van der Waals surface area contributed by atoms with Crippen molar-refractivity contribution in [2.45, 2.75) is 72.1 Å². The molecule has 0 heterocycles. The molecule has 0 aromatic rings. The van der Waals surface area contributed by atoms with Gasteiger partial charge in [-0.15, -0.1) is 0 Å². The summed E-state index contributed by atoms with van der Waals surface area (Å²) in [5.41, 5.74) is 0. The lowest BCUT2D eigenvalue weighted by molar-refractivity contribution is 0.0919. The van der Waals surface area contributed by atoms with Crippen LogP contribution in [0.3, 0.4) is 0 Å². The van der Waals surface area contributed by atoms with Gasteiger partial charge in [-0.1, -0.05) is 33.6 Å². The first-order valence-corrected chi connectivity index (χ1v) is 7.12. The Kier molecular flexibility index (Phi) is 9.79. The standard InChI is InChI=1S/C14H32N2O/c1-6-7-8-9-16(13(4)5)11-14(17)10-15-12(2)3/h12-15,17H,6-11H2,1-5H3. The zero-order valence-corrected chi connectivity index (χ0v) is 12.4. The van der Waals surface area contributed by atoms with E-state index in [4.69, 9.17) is 0 Å². The molecule has 3 nitrogen and oxygen atoms in total. The van der Waals surface area contributed by atoms with Crippen molar-refractivity contribution in [1.29, 1.82) is 0 Å². The molecule has 0 spiro atoms. The van der Waals surface area contributed by atoms with E-state index in [9.17, 15) is 5.11 Å². The predicted molar refractivity (Wildman–Crippen MR) is 75.4 cm³/mol. The molecule has 0 amide bonds. The summed E-state index contributed by atoms with van der Waals surface area (Å²) < 4.78 is 0. The fourth-order valence-electron chi connectivity index (χ4n) is 1.83. The van der Waals surface area contributed by atoms with Gasteiger partial charge in [-0.3, -0.25) is 4.90 Å². The van der Waals surface area contributed by atoms with Gasteiger partial charge in [0.25, 0.3) is 0 Å². The Balaban J connectivity index is 3.88. The Morgan fingerprint density at radius 2 is 1.76 bits per heavy atom. The number of nitrogens with zero attached hydrogens (tertiary/aromatic N) is 1. The summed E-state index contributed by atoms with van der Waals surface area (Å²) in [6, 6.07) is 0.956. The maximum absolute atomic E-state index is 9.97. The van der Waals surface area contributed by atoms with E-state index in [-0.39, 0.29) is 6.10 Å². The van der Waals surface area contributed by atoms with Gasteiger partial charge in [-0.05, 0) is 26.8 Å². The van der Waals surface area contributed by atoms with E-state index >= 15 is 0 Å². The topological polar surface area (TPSA) is 35.5 Å². The molecule has 0 saturated carbocycles. The molecule has 3 heteroatoms. The number of aliphatic hydroxyl groups is 1. The largest absolute Gasteiger partial charge is 0.390 e. The molecule has 0 aliphatic carbocycles. The van der Waals surface area contributed by atoms with Crippen LogP contribution in [-0.4, -0.2) is 47.8 Å². The van der Waals surface area contributed by atoms with Gasteiger partial charge in [0.05, 0.1) is 6.10 Å². The smallest absolute Gasteiger partial charge is 0.0791 e. The Bertz CT molecular complexity index is 172. The maximum atomic E-state index is 9.97. The fraction of sp³-hybridized carbons (Fsp3) is 1.00. The molecular formula is C14H32N2O. The molecule has 104 valence electrons. The number of unbranched alkanes of at least 4 members (excludes halogenated alkanes) is 2. The number of rotatable bonds is 10. The number of aliphatic hydroxyl groups excluding tert-OH is 1. The minimum atomic E-state index is -0.263. The number of hydrogen-bond acceptors (Lipinski definition) is 3. The van der Waals surface area contributed by atoms with Crippen LogP contribution in [0.5, 0.6) is 0 Å². The summed E-state index contributed by atoms with van der Waals surface area (Å²) in [6.45, 7) is 13.4. The van der Waals surface area contributed by atoms with Crippen molar-refractivity contribution in [3.05, 3.63) is 0 Å². The van der Waals surface area contributed by atoms with E-state index in [2.05, 4.69) is 44.8 Å². The lowest BCUT2D eigenvalue weighted by Gasteiger charge is -2.29. The molecule has 1 unspecified atom stereocenters. The summed E-state index contributed by atoms with van der Waals surface area (Å²) in [5.74, 6) is 0. The summed E-state index contributed by atoms with van der Waals surface area (Å²) >= 11 is 0. The second-order valence-electron chi connectivity index (χ2n) is 5.51. The molecular weight excluding hydrogens is 212 g/mol. The van der Waals surface area contributed by atoms with Gasteiger partial charge < -0.3 is 10.4 Å². The van der Waals surface area contributed by atoms with Crippen LogP contribution in [-0.2, 0) is 0 Å². The van der Waals surface area contributed by atoms with Crippen LogP contribution in [0.15, 0.2) is 0 Å². The molecule has 0 aliphatic heterocycles. The van der Waals surface area contributed by atoms with E-state index in [0.29, 0.717) is 18.6 Å². The van der Waals surface area contributed by atoms with Crippen LogP contribution >= 0.6 is 0 Å². The third-order valence-corrected chi connectivity index (χ3v) is 2.99. The van der Waals surface area contributed by atoms with Gasteiger partial charge >= 0.3 is 0 Å². The van der Waals surface area contributed by atoms with Crippen LogP contribution in [0.25, 0.3) is 0 Å². The summed E-state index contributed by atoms with van der Waals surface area (Å²) in [4.78, 5) is 2.38. The molecule has 0 bridgehead atoms. The summed E-state index contributed by atoms with van der Waals surface area (Å²) in [6.07, 6.45) is 3.51. The zero-order valence-electron chi connectivity index (χ0n) is 12.4. The van der Waals surface area contributed by atoms with Crippen molar-refractivity contribution in [2.75, 3.05) is 19.6 Å². The fourth-order valence-corrected chi connectivity index (χ4v) is 1.83. The van der Waals surface area contributed by atoms with E-state index in [0.717, 1.165) is 13.1 Å². The van der Waals surface area contributed by atoms with Crippen molar-refractivity contribution in [3.8, 4) is 0 Å². The van der Waals surface area contributed by atoms with Crippen molar-refractivity contribution >= 4 is 0 Å². The molecule has 0 aromatic heterocycles. The lowest BCUT2D eigenvalue weighted by atomic mass is 10.2. The average molecular weight is 244 g/mol. The molecule has 0 rings (SSSR count). The molecule has 0 fully saturated rings. The normalized spacial score (nSPS) is 13.9. The van der Waals surface area contributed by atoms with Crippen molar-refractivity contribution < 1.29 is 5.11 Å². The van der Waals surface area contributed by atoms with E-state index in [1.807, 2.05) is 0 Å². The van der Waals surface area contributed by atoms with Gasteiger partial charge in [-0.2, -0.15) is 0 Å². The molecule has 0 radical (unpaired) electrons. The highest BCUT2D eigenvalue weighted by molar-refractivity contribution is 4.70. The summed E-state index contributed by atoms with van der Waals surface area (Å²) in [7, 11) is 0. The van der Waals surface area contributed by atoms with Gasteiger partial charge in [-0.25, -0.2) is 0 Å². The minimum absolute atomic E-state index is 0.263. The molecule has 17 heavy (non-hydrogen) atoms. The van der Waals surface area contributed by atoms with Crippen molar-refractivity contribution in [2.24, 2.45) is 0 Å². The monoisotopic (exact) mass is 244 g/mol. The molecule has 0 aliphatic rings. The van der Waals surface area contributed by atoms with Gasteiger partial charge in [0.15, 0.2) is 0 Å². The quantitative estimate of drug-likeness (QED) is 0.579. The number of hydrogen-bond donors (Lipinski definition) is 2. The zero-order chi connectivity index (χ0) is 13.3.